The molecule has 4 aromatic carbocycles. The molecule has 410 valence electrons. The molecular weight excluding hydrogens is 1100 g/mol. The highest BCUT2D eigenvalue weighted by atomic mass is 79.9. The van der Waals surface area contributed by atoms with Crippen molar-refractivity contribution in [3.8, 4) is 16.8 Å². The zero-order valence-corrected chi connectivity index (χ0v) is 44.3. The van der Waals surface area contributed by atoms with Gasteiger partial charge < -0.3 is 20.0 Å². The van der Waals surface area contributed by atoms with Gasteiger partial charge in [0.15, 0.2) is 11.2 Å². The summed E-state index contributed by atoms with van der Waals surface area (Å²) in [4.78, 5) is 25.4. The van der Waals surface area contributed by atoms with E-state index in [-0.39, 0.29) is 11.7 Å². The summed E-state index contributed by atoms with van der Waals surface area (Å²) in [6, 6.07) is 30.5. The second kappa shape index (κ2) is 23.0. The van der Waals surface area contributed by atoms with Crippen molar-refractivity contribution in [2.45, 2.75) is 69.4 Å². The summed E-state index contributed by atoms with van der Waals surface area (Å²) in [5, 5.41) is 47.5. The van der Waals surface area contributed by atoms with Crippen LogP contribution in [0.2, 0.25) is 0 Å². The Morgan fingerprint density at radius 1 is 0.595 bits per heavy atom. The summed E-state index contributed by atoms with van der Waals surface area (Å²) in [5.41, 5.74) is -4.52. The summed E-state index contributed by atoms with van der Waals surface area (Å²) >= 11 is 3.11. The Balaban J connectivity index is 0.000000252. The van der Waals surface area contributed by atoms with Crippen LogP contribution >= 0.6 is 15.9 Å². The molecule has 25 heteroatoms. The number of rotatable bonds is 17. The molecule has 79 heavy (non-hydrogen) atoms. The summed E-state index contributed by atoms with van der Waals surface area (Å²) < 4.78 is 97.3. The summed E-state index contributed by atoms with van der Waals surface area (Å²) in [7, 11) is 0. The second-order valence-electron chi connectivity index (χ2n) is 19.1. The van der Waals surface area contributed by atoms with E-state index in [1.165, 1.54) is 48.8 Å². The third-order valence-electron chi connectivity index (χ3n) is 13.9. The zero-order chi connectivity index (χ0) is 56.1. The standard InChI is InChI=1S/C39H41F3N10O2.C15H11BrF3N5O/c1-4-35(27(2)3)52-37(53)51(26-45-52)32-16-14-31(15-17-32)49-21-19-48(20-22-49)30-12-9-28(10-13-30)29-11-18-36(43-23-29)39(41,42)38(54,24-50-25-44-46-47-50)33-7-5-6-8-34(33)40;16-10-5-6-13(20-7-10)15(18,19)14(25,8-24-9-21-22-23-24)11-3-1-2-4-12(11)17/h5-18,23,25-27,35,54H,4,19-22,24H2,1-3H3;1-7,9,25H,8H2/t35-,38?;/m0./s1. The van der Waals surface area contributed by atoms with Crippen LogP contribution in [0.25, 0.3) is 16.8 Å². The quantitative estimate of drug-likeness (QED) is 0.0823. The fraction of sp³-hybridized carbons (Fsp3) is 0.296. The zero-order valence-electron chi connectivity index (χ0n) is 42.7. The number of anilines is 2. The normalized spacial score (nSPS) is 15.1. The lowest BCUT2D eigenvalue weighted by Crippen LogP contribution is -2.48. The summed E-state index contributed by atoms with van der Waals surface area (Å²) in [6.07, 6.45) is 7.03. The van der Waals surface area contributed by atoms with Crippen molar-refractivity contribution in [3.63, 3.8) is 0 Å². The van der Waals surface area contributed by atoms with Crippen LogP contribution < -0.4 is 15.5 Å². The van der Waals surface area contributed by atoms with Crippen LogP contribution in [-0.4, -0.2) is 101 Å². The molecule has 0 saturated carbocycles. The minimum Gasteiger partial charge on any atom is -0.377 e. The van der Waals surface area contributed by atoms with Crippen molar-refractivity contribution in [1.82, 2.24) is 64.7 Å². The smallest absolute Gasteiger partial charge is 0.350 e. The molecule has 1 aliphatic rings. The SMILES string of the molecule is CC[C@@H](C(C)C)n1ncn(-c2ccc(N3CCN(c4ccc(-c5ccc(C(F)(F)C(O)(Cn6cnnn6)c6ccccc6F)nc5)cc4)CC3)cc2)c1=O.OC(Cn1cnnn1)(c1ccccc1F)C(F)(F)c1ccc(Br)cn1. The van der Waals surface area contributed by atoms with Gasteiger partial charge >= 0.3 is 17.5 Å². The minimum absolute atomic E-state index is 0.0505. The minimum atomic E-state index is -4.02. The van der Waals surface area contributed by atoms with E-state index in [9.17, 15) is 23.8 Å². The van der Waals surface area contributed by atoms with E-state index >= 15 is 17.6 Å². The first-order valence-corrected chi connectivity index (χ1v) is 25.7. The largest absolute Gasteiger partial charge is 0.377 e. The molecule has 0 amide bonds. The number of pyridine rings is 2. The Hall–Kier alpha value is -8.16. The van der Waals surface area contributed by atoms with Crippen molar-refractivity contribution in [3.05, 3.63) is 202 Å². The molecule has 0 aliphatic carbocycles. The van der Waals surface area contributed by atoms with Crippen molar-refractivity contribution >= 4 is 27.3 Å². The number of hydrogen-bond donors (Lipinski definition) is 2. The van der Waals surface area contributed by atoms with Gasteiger partial charge in [-0.25, -0.2) is 32.2 Å². The van der Waals surface area contributed by atoms with Gasteiger partial charge in [-0.3, -0.25) is 9.97 Å². The average Bonchev–Trinajstić information content (AvgIpc) is 4.27. The van der Waals surface area contributed by atoms with Crippen LogP contribution in [0.15, 0.2) is 162 Å². The van der Waals surface area contributed by atoms with Crippen LogP contribution in [0.3, 0.4) is 0 Å². The van der Waals surface area contributed by atoms with E-state index < -0.39 is 70.3 Å². The number of aromatic nitrogens is 13. The fourth-order valence-corrected chi connectivity index (χ4v) is 9.80. The fourth-order valence-electron chi connectivity index (χ4n) is 9.57. The van der Waals surface area contributed by atoms with Gasteiger partial charge in [0, 0.05) is 71.1 Å². The third-order valence-corrected chi connectivity index (χ3v) is 14.4. The van der Waals surface area contributed by atoms with E-state index in [0.717, 1.165) is 114 Å². The highest BCUT2D eigenvalue weighted by molar-refractivity contribution is 9.10. The lowest BCUT2D eigenvalue weighted by molar-refractivity contribution is -0.207. The Bertz CT molecular complexity index is 3490. The molecule has 9 aromatic rings. The first-order chi connectivity index (χ1) is 37.8. The molecule has 0 radical (unpaired) electrons. The predicted molar refractivity (Wildman–Crippen MR) is 282 cm³/mol. The van der Waals surface area contributed by atoms with Crippen LogP contribution in [0.1, 0.15) is 55.7 Å². The lowest BCUT2D eigenvalue weighted by Gasteiger charge is -2.37. The highest BCUT2D eigenvalue weighted by Crippen LogP contribution is 2.48. The molecule has 1 saturated heterocycles. The van der Waals surface area contributed by atoms with Gasteiger partial charge in [-0.05, 0) is 121 Å². The molecule has 0 spiro atoms. The number of hydrogen-bond acceptors (Lipinski definition) is 14. The van der Waals surface area contributed by atoms with Gasteiger partial charge in [0.05, 0.1) is 24.8 Å². The maximum absolute atomic E-state index is 16.2. The number of halogens is 7. The molecule has 2 N–H and O–H groups in total. The summed E-state index contributed by atoms with van der Waals surface area (Å²) in [6.45, 7) is 7.87. The van der Waals surface area contributed by atoms with E-state index in [1.807, 2.05) is 48.5 Å². The molecule has 10 rings (SSSR count). The molecule has 1 aliphatic heterocycles. The average molecular weight is 1150 g/mol. The van der Waals surface area contributed by atoms with E-state index in [2.05, 4.69) is 92.6 Å². The Morgan fingerprint density at radius 3 is 1.47 bits per heavy atom. The monoisotopic (exact) mass is 1150 g/mol. The van der Waals surface area contributed by atoms with Crippen molar-refractivity contribution < 1.29 is 36.6 Å². The first kappa shape index (κ1) is 55.6. The predicted octanol–water partition coefficient (Wildman–Crippen LogP) is 8.48. The molecule has 18 nitrogen and oxygen atoms in total. The maximum Gasteiger partial charge on any atom is 0.350 e. The number of benzene rings is 4. The summed E-state index contributed by atoms with van der Waals surface area (Å²) in [5.74, 6) is -9.62. The maximum atomic E-state index is 16.2. The van der Waals surface area contributed by atoms with Gasteiger partial charge in [0.1, 0.15) is 42.0 Å². The Morgan fingerprint density at radius 2 is 1.05 bits per heavy atom. The van der Waals surface area contributed by atoms with Crippen LogP contribution in [0.5, 0.6) is 0 Å². The van der Waals surface area contributed by atoms with E-state index in [1.54, 1.807) is 15.6 Å². The molecule has 1 fully saturated rings. The van der Waals surface area contributed by atoms with Crippen molar-refractivity contribution in [2.24, 2.45) is 5.92 Å². The number of piperazine rings is 1. The second-order valence-corrected chi connectivity index (χ2v) is 20.0. The lowest BCUT2D eigenvalue weighted by atomic mass is 9.84. The Labute approximate surface area is 456 Å². The van der Waals surface area contributed by atoms with Gasteiger partial charge in [-0.2, -0.15) is 22.7 Å². The number of alkyl halides is 4. The molecule has 5 aromatic heterocycles. The van der Waals surface area contributed by atoms with Gasteiger partial charge in [-0.15, -0.1) is 10.2 Å². The van der Waals surface area contributed by atoms with E-state index in [4.69, 9.17) is 0 Å². The van der Waals surface area contributed by atoms with Gasteiger partial charge in [0.25, 0.3) is 0 Å². The van der Waals surface area contributed by atoms with Crippen LogP contribution in [-0.2, 0) is 36.1 Å². The van der Waals surface area contributed by atoms with Crippen LogP contribution in [0.4, 0.5) is 37.7 Å². The number of tetrazole rings is 2. The molecule has 2 unspecified atom stereocenters. The molecular formula is C54H52BrF6N15O3. The van der Waals surface area contributed by atoms with Gasteiger partial charge in [0.2, 0.25) is 0 Å². The topological polar surface area (TPSA) is 200 Å². The van der Waals surface area contributed by atoms with E-state index in [0.29, 0.717) is 16.0 Å². The molecule has 0 bridgehead atoms. The Kier molecular flexibility index (Phi) is 16.2. The number of nitrogens with zero attached hydrogens (tertiary/aromatic N) is 15. The van der Waals surface area contributed by atoms with Crippen molar-refractivity contribution in [2.75, 3.05) is 36.0 Å². The molecule has 3 atom stereocenters. The number of aliphatic hydroxyl groups is 2. The third kappa shape index (κ3) is 11.3. The highest BCUT2D eigenvalue weighted by Gasteiger charge is 2.59. The molecule has 6 heterocycles. The van der Waals surface area contributed by atoms with Crippen LogP contribution in [0, 0.1) is 17.6 Å². The van der Waals surface area contributed by atoms with Crippen molar-refractivity contribution in [1.29, 1.82) is 0 Å². The van der Waals surface area contributed by atoms with Gasteiger partial charge in [-0.1, -0.05) is 75.4 Å². The first-order valence-electron chi connectivity index (χ1n) is 24.9.